The van der Waals surface area contributed by atoms with Gasteiger partial charge in [0.2, 0.25) is 0 Å². The Morgan fingerprint density at radius 3 is 2.79 bits per heavy atom. The van der Waals surface area contributed by atoms with Crippen LogP contribution in [0, 0.1) is 5.92 Å². The van der Waals surface area contributed by atoms with Crippen LogP contribution in [-0.2, 0) is 6.42 Å². The number of nitrogens with one attached hydrogen (secondary N) is 3. The molecule has 24 heavy (non-hydrogen) atoms. The molecule has 0 saturated carbocycles. The number of aromatic amines is 2. The number of hydrogen-bond acceptors (Lipinski definition) is 3. The van der Waals surface area contributed by atoms with E-state index < -0.39 is 0 Å². The summed E-state index contributed by atoms with van der Waals surface area (Å²) in [5.41, 5.74) is 3.27. The third-order valence-electron chi connectivity index (χ3n) is 4.04. The van der Waals surface area contributed by atoms with Crippen LogP contribution >= 0.6 is 0 Å². The van der Waals surface area contributed by atoms with Gasteiger partial charge in [0, 0.05) is 5.69 Å². The summed E-state index contributed by atoms with van der Waals surface area (Å²) in [6.45, 7) is 6.22. The average molecular weight is 325 g/mol. The van der Waals surface area contributed by atoms with Crippen LogP contribution in [-0.4, -0.2) is 26.1 Å². The monoisotopic (exact) mass is 325 g/mol. The van der Waals surface area contributed by atoms with Gasteiger partial charge in [-0.3, -0.25) is 9.89 Å². The minimum Gasteiger partial charge on any atom is -0.340 e. The van der Waals surface area contributed by atoms with Crippen molar-refractivity contribution < 1.29 is 4.79 Å². The second kappa shape index (κ2) is 6.86. The van der Waals surface area contributed by atoms with Crippen LogP contribution in [0.1, 0.15) is 55.2 Å². The van der Waals surface area contributed by atoms with Gasteiger partial charge in [-0.15, -0.1) is 0 Å². The molecule has 0 unspecified atom stereocenters. The molecular weight excluding hydrogens is 302 g/mol. The zero-order valence-electron chi connectivity index (χ0n) is 14.3. The van der Waals surface area contributed by atoms with Gasteiger partial charge < -0.3 is 10.3 Å². The highest BCUT2D eigenvalue weighted by Gasteiger charge is 2.23. The second-order valence-electron chi connectivity index (χ2n) is 6.36. The summed E-state index contributed by atoms with van der Waals surface area (Å²) in [6, 6.07) is 9.47. The molecule has 6 nitrogen and oxygen atoms in total. The predicted molar refractivity (Wildman–Crippen MR) is 93.7 cm³/mol. The smallest absolute Gasteiger partial charge is 0.272 e. The Morgan fingerprint density at radius 2 is 2.08 bits per heavy atom. The van der Waals surface area contributed by atoms with Gasteiger partial charge in [0.1, 0.15) is 11.5 Å². The van der Waals surface area contributed by atoms with Crippen molar-refractivity contribution in [3.63, 3.8) is 0 Å². The number of nitrogens with zero attached hydrogens (tertiary/aromatic N) is 2. The van der Waals surface area contributed by atoms with E-state index in [0.29, 0.717) is 5.69 Å². The lowest BCUT2D eigenvalue weighted by molar-refractivity contribution is 0.0918. The van der Waals surface area contributed by atoms with Gasteiger partial charge in [-0.05, 0) is 30.5 Å². The number of amides is 1. The van der Waals surface area contributed by atoms with Gasteiger partial charge >= 0.3 is 0 Å². The zero-order valence-corrected chi connectivity index (χ0v) is 14.3. The van der Waals surface area contributed by atoms with Gasteiger partial charge in [0.15, 0.2) is 0 Å². The van der Waals surface area contributed by atoms with E-state index in [4.69, 9.17) is 0 Å². The molecule has 3 aromatic rings. The normalized spacial score (nSPS) is 12.7. The summed E-state index contributed by atoms with van der Waals surface area (Å²) in [6.07, 6.45) is 1.90. The zero-order chi connectivity index (χ0) is 17.1. The number of carbonyl (C=O) groups is 1. The molecule has 0 fully saturated rings. The summed E-state index contributed by atoms with van der Waals surface area (Å²) < 4.78 is 0. The van der Waals surface area contributed by atoms with Crippen LogP contribution in [0.5, 0.6) is 0 Å². The lowest BCUT2D eigenvalue weighted by atomic mass is 10.0. The largest absolute Gasteiger partial charge is 0.340 e. The first-order chi connectivity index (χ1) is 11.6. The number of benzene rings is 1. The minimum atomic E-state index is -0.198. The lowest BCUT2D eigenvalue weighted by Crippen LogP contribution is -2.32. The number of carbonyl (C=O) groups excluding carboxylic acids is 1. The Labute approximate surface area is 141 Å². The van der Waals surface area contributed by atoms with Gasteiger partial charge in [-0.1, -0.05) is 39.3 Å². The number of imidazole rings is 1. The van der Waals surface area contributed by atoms with Gasteiger partial charge in [0.25, 0.3) is 5.91 Å². The molecule has 1 aromatic carbocycles. The molecule has 0 saturated heterocycles. The Kier molecular flexibility index (Phi) is 4.64. The Balaban J connectivity index is 1.81. The Morgan fingerprint density at radius 1 is 1.29 bits per heavy atom. The molecule has 0 bridgehead atoms. The molecule has 0 radical (unpaired) electrons. The summed E-state index contributed by atoms with van der Waals surface area (Å²) in [5.74, 6) is 0.778. The van der Waals surface area contributed by atoms with Crippen molar-refractivity contribution >= 4 is 16.9 Å². The first-order valence-corrected chi connectivity index (χ1v) is 8.38. The summed E-state index contributed by atoms with van der Waals surface area (Å²) >= 11 is 0. The van der Waals surface area contributed by atoms with Crippen LogP contribution in [0.3, 0.4) is 0 Å². The van der Waals surface area contributed by atoms with E-state index in [9.17, 15) is 4.79 Å². The van der Waals surface area contributed by atoms with Crippen LogP contribution in [0.2, 0.25) is 0 Å². The Bertz CT molecular complexity index is 800. The maximum Gasteiger partial charge on any atom is 0.272 e. The molecule has 1 amide bonds. The first kappa shape index (κ1) is 16.2. The molecule has 1 atom stereocenters. The number of H-pyrrole nitrogens is 2. The van der Waals surface area contributed by atoms with Crippen molar-refractivity contribution in [2.75, 3.05) is 0 Å². The molecular formula is C18H23N5O. The lowest BCUT2D eigenvalue weighted by Gasteiger charge is -2.19. The molecule has 3 rings (SSSR count). The van der Waals surface area contributed by atoms with Crippen molar-refractivity contribution in [1.82, 2.24) is 25.5 Å². The van der Waals surface area contributed by atoms with Crippen molar-refractivity contribution in [2.24, 2.45) is 5.92 Å². The topological polar surface area (TPSA) is 86.5 Å². The summed E-state index contributed by atoms with van der Waals surface area (Å²) in [4.78, 5) is 20.5. The van der Waals surface area contributed by atoms with Crippen LogP contribution in [0.15, 0.2) is 30.3 Å². The fraction of sp³-hybridized carbons (Fsp3) is 0.389. The fourth-order valence-corrected chi connectivity index (χ4v) is 2.76. The van der Waals surface area contributed by atoms with Crippen molar-refractivity contribution in [2.45, 2.75) is 39.7 Å². The third kappa shape index (κ3) is 3.32. The quantitative estimate of drug-likeness (QED) is 0.649. The van der Waals surface area contributed by atoms with Crippen LogP contribution in [0.25, 0.3) is 11.0 Å². The summed E-state index contributed by atoms with van der Waals surface area (Å²) in [7, 11) is 0. The highest BCUT2D eigenvalue weighted by molar-refractivity contribution is 5.92. The van der Waals surface area contributed by atoms with E-state index in [1.54, 1.807) is 0 Å². The number of aryl methyl sites for hydroxylation is 1. The van der Waals surface area contributed by atoms with Gasteiger partial charge in [0.05, 0.1) is 17.1 Å². The average Bonchev–Trinajstić information content (AvgIpc) is 3.18. The third-order valence-corrected chi connectivity index (χ3v) is 4.04. The number of rotatable bonds is 6. The molecule has 0 aliphatic carbocycles. The van der Waals surface area contributed by atoms with Gasteiger partial charge in [-0.2, -0.15) is 5.10 Å². The molecule has 6 heteroatoms. The van der Waals surface area contributed by atoms with Crippen LogP contribution < -0.4 is 5.32 Å². The van der Waals surface area contributed by atoms with E-state index in [1.807, 2.05) is 30.3 Å². The Hall–Kier alpha value is -2.63. The number of hydrogen-bond donors (Lipinski definition) is 3. The highest BCUT2D eigenvalue weighted by Crippen LogP contribution is 2.22. The van der Waals surface area contributed by atoms with E-state index in [1.165, 1.54) is 0 Å². The second-order valence-corrected chi connectivity index (χ2v) is 6.36. The molecule has 0 spiro atoms. The fourth-order valence-electron chi connectivity index (χ4n) is 2.76. The first-order valence-electron chi connectivity index (χ1n) is 8.38. The van der Waals surface area contributed by atoms with Crippen molar-refractivity contribution in [3.8, 4) is 0 Å². The number of para-hydroxylation sites is 2. The minimum absolute atomic E-state index is 0.187. The molecule has 2 heterocycles. The SMILES string of the molecule is CCCc1cc(C(=O)N[C@@H](c2nc3ccccc3[nH]2)C(C)C)n[nH]1. The van der Waals surface area contributed by atoms with Crippen molar-refractivity contribution in [1.29, 1.82) is 0 Å². The molecule has 3 N–H and O–H groups in total. The van der Waals surface area contributed by atoms with Crippen molar-refractivity contribution in [3.05, 3.63) is 47.5 Å². The molecule has 126 valence electrons. The van der Waals surface area contributed by atoms with Crippen LogP contribution in [0.4, 0.5) is 0 Å². The number of aromatic nitrogens is 4. The maximum atomic E-state index is 12.5. The highest BCUT2D eigenvalue weighted by atomic mass is 16.2. The molecule has 0 aliphatic rings. The summed E-state index contributed by atoms with van der Waals surface area (Å²) in [5, 5.41) is 10.1. The standard InChI is InChI=1S/C18H23N5O/c1-4-7-12-10-15(23-22-12)18(24)21-16(11(2)3)17-19-13-8-5-6-9-14(13)20-17/h5-6,8-11,16H,4,7H2,1-3H3,(H,19,20)(H,21,24)(H,22,23)/t16-/m1/s1. The predicted octanol–water partition coefficient (Wildman–Crippen LogP) is 3.37. The van der Waals surface area contributed by atoms with E-state index in [2.05, 4.69) is 46.3 Å². The van der Waals surface area contributed by atoms with E-state index in [-0.39, 0.29) is 17.9 Å². The molecule has 2 aromatic heterocycles. The molecule has 0 aliphatic heterocycles. The number of fused-ring (bicyclic) bond motifs is 1. The maximum absolute atomic E-state index is 12.5. The van der Waals surface area contributed by atoms with E-state index in [0.717, 1.165) is 35.4 Å². The van der Waals surface area contributed by atoms with E-state index >= 15 is 0 Å². The van der Waals surface area contributed by atoms with Gasteiger partial charge in [-0.25, -0.2) is 4.98 Å².